The summed E-state index contributed by atoms with van der Waals surface area (Å²) < 4.78 is 7.35. The third kappa shape index (κ3) is 4.87. The second-order valence-corrected chi connectivity index (χ2v) is 10.0. The molecule has 0 bridgehead atoms. The lowest BCUT2D eigenvalue weighted by atomic mass is 10.1. The van der Waals surface area contributed by atoms with Crippen molar-refractivity contribution in [3.05, 3.63) is 71.4 Å². The molecule has 10 heteroatoms. The molecular formula is C28H31N7O3. The highest BCUT2D eigenvalue weighted by atomic mass is 16.3. The first kappa shape index (κ1) is 24.2. The summed E-state index contributed by atoms with van der Waals surface area (Å²) in [5, 5.41) is 7.44. The average Bonchev–Trinajstić information content (AvgIpc) is 3.44. The van der Waals surface area contributed by atoms with Crippen molar-refractivity contribution >= 4 is 34.3 Å². The number of aryl methyl sites for hydroxylation is 2. The van der Waals surface area contributed by atoms with Crippen molar-refractivity contribution < 1.29 is 14.0 Å². The van der Waals surface area contributed by atoms with Gasteiger partial charge in [0.25, 0.3) is 11.8 Å². The Bertz CT molecular complexity index is 1500. The minimum Gasteiger partial charge on any atom is -0.441 e. The maximum absolute atomic E-state index is 13.5. The number of anilines is 2. The quantitative estimate of drug-likeness (QED) is 0.447. The number of amides is 2. The molecule has 6 rings (SSSR count). The normalized spacial score (nSPS) is 16.4. The number of likely N-dealkylation sites (N-methyl/N-ethyl adjacent to an activating group) is 1. The fourth-order valence-electron chi connectivity index (χ4n) is 5.14. The van der Waals surface area contributed by atoms with Crippen molar-refractivity contribution in [2.45, 2.75) is 26.4 Å². The van der Waals surface area contributed by atoms with Crippen molar-refractivity contribution in [2.24, 2.45) is 0 Å². The lowest BCUT2D eigenvalue weighted by Crippen LogP contribution is -2.44. The standard InChI is InChI=1S/C28H31N7O3/c1-19-29-24-16-21(7-8-26(24)38-19)30-27(36)25-17-23-18-34(9-4-10-35(23)31-25)28(37)20-5-3-6-22(15-20)33-13-11-32(2)12-14-33/h3,5-8,15-17H,4,9-14,18H2,1-2H3,(H,30,36). The van der Waals surface area contributed by atoms with E-state index in [2.05, 4.69) is 38.3 Å². The molecule has 1 N–H and O–H groups in total. The maximum atomic E-state index is 13.5. The molecule has 2 amide bonds. The number of piperazine rings is 1. The first-order valence-electron chi connectivity index (χ1n) is 13.0. The lowest BCUT2D eigenvalue weighted by molar-refractivity contribution is 0.0745. The Labute approximate surface area is 220 Å². The van der Waals surface area contributed by atoms with Crippen LogP contribution < -0.4 is 10.2 Å². The fraction of sp³-hybridized carbons (Fsp3) is 0.357. The molecule has 2 aromatic heterocycles. The Morgan fingerprint density at radius 3 is 2.66 bits per heavy atom. The highest BCUT2D eigenvalue weighted by Gasteiger charge is 2.24. The van der Waals surface area contributed by atoms with E-state index in [0.717, 1.165) is 44.0 Å². The number of oxazole rings is 1. The van der Waals surface area contributed by atoms with Gasteiger partial charge < -0.3 is 24.4 Å². The number of nitrogens with one attached hydrogen (secondary N) is 1. The van der Waals surface area contributed by atoms with E-state index in [0.29, 0.717) is 53.6 Å². The van der Waals surface area contributed by atoms with Gasteiger partial charge in [-0.25, -0.2) is 4.98 Å². The lowest BCUT2D eigenvalue weighted by Gasteiger charge is -2.34. The van der Waals surface area contributed by atoms with Gasteiger partial charge in [-0.05, 0) is 55.9 Å². The van der Waals surface area contributed by atoms with Gasteiger partial charge in [0.15, 0.2) is 17.2 Å². The van der Waals surface area contributed by atoms with Crippen LogP contribution in [0, 0.1) is 6.92 Å². The number of benzene rings is 2. The molecule has 1 saturated heterocycles. The van der Waals surface area contributed by atoms with Gasteiger partial charge in [-0.3, -0.25) is 14.3 Å². The molecule has 1 fully saturated rings. The predicted molar refractivity (Wildman–Crippen MR) is 144 cm³/mol. The molecule has 0 atom stereocenters. The molecule has 38 heavy (non-hydrogen) atoms. The Kier molecular flexibility index (Phi) is 6.32. The zero-order valence-electron chi connectivity index (χ0n) is 21.7. The Balaban J connectivity index is 1.16. The number of nitrogens with zero attached hydrogens (tertiary/aromatic N) is 6. The number of hydrogen-bond donors (Lipinski definition) is 1. The highest BCUT2D eigenvalue weighted by Crippen LogP contribution is 2.23. The van der Waals surface area contributed by atoms with Crippen LogP contribution in [-0.4, -0.2) is 76.2 Å². The summed E-state index contributed by atoms with van der Waals surface area (Å²) in [6.45, 7) is 7.41. The number of hydrogen-bond acceptors (Lipinski definition) is 7. The second kappa shape index (κ2) is 9.94. The molecule has 0 unspecified atom stereocenters. The van der Waals surface area contributed by atoms with Gasteiger partial charge in [-0.1, -0.05) is 6.07 Å². The summed E-state index contributed by atoms with van der Waals surface area (Å²) in [6.07, 6.45) is 0.766. The number of carbonyl (C=O) groups is 2. The molecular weight excluding hydrogens is 482 g/mol. The van der Waals surface area contributed by atoms with Gasteiger partial charge >= 0.3 is 0 Å². The van der Waals surface area contributed by atoms with Gasteiger partial charge in [0.2, 0.25) is 0 Å². The van der Waals surface area contributed by atoms with Crippen molar-refractivity contribution in [1.29, 1.82) is 0 Å². The SMILES string of the molecule is Cc1nc2cc(NC(=O)c3cc4n(n3)CCCN(C(=O)c3cccc(N5CCN(C)CC5)c3)C4)ccc2o1. The first-order chi connectivity index (χ1) is 18.4. The molecule has 0 saturated carbocycles. The molecule has 4 heterocycles. The number of carbonyl (C=O) groups excluding carboxylic acids is 2. The number of rotatable bonds is 4. The smallest absolute Gasteiger partial charge is 0.276 e. The van der Waals surface area contributed by atoms with Crippen molar-refractivity contribution in [1.82, 2.24) is 24.6 Å². The molecule has 10 nitrogen and oxygen atoms in total. The summed E-state index contributed by atoms with van der Waals surface area (Å²) in [5.41, 5.74) is 4.92. The van der Waals surface area contributed by atoms with E-state index in [4.69, 9.17) is 4.42 Å². The average molecular weight is 514 g/mol. The Morgan fingerprint density at radius 2 is 1.82 bits per heavy atom. The van der Waals surface area contributed by atoms with Crippen LogP contribution in [0.1, 0.15) is 38.9 Å². The van der Waals surface area contributed by atoms with Crippen molar-refractivity contribution in [3.8, 4) is 0 Å². The van der Waals surface area contributed by atoms with Gasteiger partial charge in [-0.2, -0.15) is 5.10 Å². The Hall–Kier alpha value is -4.18. The van der Waals surface area contributed by atoms with Gasteiger partial charge in [0.1, 0.15) is 5.52 Å². The zero-order chi connectivity index (χ0) is 26.2. The molecule has 2 aromatic carbocycles. The zero-order valence-corrected chi connectivity index (χ0v) is 21.7. The molecule has 4 aromatic rings. The van der Waals surface area contributed by atoms with Crippen molar-refractivity contribution in [3.63, 3.8) is 0 Å². The van der Waals surface area contributed by atoms with Crippen LogP contribution in [0.5, 0.6) is 0 Å². The van der Waals surface area contributed by atoms with Crippen LogP contribution in [-0.2, 0) is 13.1 Å². The summed E-state index contributed by atoms with van der Waals surface area (Å²) in [4.78, 5) is 37.3. The molecule has 0 aliphatic carbocycles. The largest absolute Gasteiger partial charge is 0.441 e. The molecule has 2 aliphatic rings. The predicted octanol–water partition coefficient (Wildman–Crippen LogP) is 3.38. The fourth-order valence-corrected chi connectivity index (χ4v) is 5.14. The van der Waals surface area contributed by atoms with E-state index >= 15 is 0 Å². The third-order valence-corrected chi connectivity index (χ3v) is 7.25. The van der Waals surface area contributed by atoms with Crippen LogP contribution >= 0.6 is 0 Å². The van der Waals surface area contributed by atoms with Gasteiger partial charge in [0, 0.05) is 63.1 Å². The highest BCUT2D eigenvalue weighted by molar-refractivity contribution is 6.03. The topological polar surface area (TPSA) is 99.7 Å². The Morgan fingerprint density at radius 1 is 0.974 bits per heavy atom. The minimum absolute atomic E-state index is 0.00200. The number of aromatic nitrogens is 3. The molecule has 2 aliphatic heterocycles. The monoisotopic (exact) mass is 513 g/mol. The first-order valence-corrected chi connectivity index (χ1v) is 13.0. The summed E-state index contributed by atoms with van der Waals surface area (Å²) in [6, 6.07) is 15.0. The minimum atomic E-state index is -0.303. The third-order valence-electron chi connectivity index (χ3n) is 7.25. The van der Waals surface area contributed by atoms with Crippen LogP contribution in [0.2, 0.25) is 0 Å². The van der Waals surface area contributed by atoms with E-state index in [9.17, 15) is 9.59 Å². The van der Waals surface area contributed by atoms with E-state index in [1.54, 1.807) is 31.2 Å². The maximum Gasteiger partial charge on any atom is 0.276 e. The van der Waals surface area contributed by atoms with Crippen LogP contribution in [0.25, 0.3) is 11.1 Å². The van der Waals surface area contributed by atoms with E-state index in [1.165, 1.54) is 0 Å². The van der Waals surface area contributed by atoms with Crippen LogP contribution in [0.3, 0.4) is 0 Å². The van der Waals surface area contributed by atoms with Crippen molar-refractivity contribution in [2.75, 3.05) is 50.0 Å². The van der Waals surface area contributed by atoms with Gasteiger partial charge in [-0.15, -0.1) is 0 Å². The van der Waals surface area contributed by atoms with E-state index < -0.39 is 0 Å². The summed E-state index contributed by atoms with van der Waals surface area (Å²) in [7, 11) is 2.13. The van der Waals surface area contributed by atoms with Gasteiger partial charge in [0.05, 0.1) is 12.2 Å². The van der Waals surface area contributed by atoms with E-state index in [1.807, 2.05) is 27.8 Å². The summed E-state index contributed by atoms with van der Waals surface area (Å²) >= 11 is 0. The molecule has 0 radical (unpaired) electrons. The molecule has 0 spiro atoms. The van der Waals surface area contributed by atoms with Crippen LogP contribution in [0.4, 0.5) is 11.4 Å². The molecule has 196 valence electrons. The van der Waals surface area contributed by atoms with E-state index in [-0.39, 0.29) is 11.8 Å². The van der Waals surface area contributed by atoms with Crippen LogP contribution in [0.15, 0.2) is 52.9 Å². The summed E-state index contributed by atoms with van der Waals surface area (Å²) in [5.74, 6) is 0.271. The number of fused-ring (bicyclic) bond motifs is 2. The second-order valence-electron chi connectivity index (χ2n) is 10.0.